The Kier molecular flexibility index (Phi) is 5.78. The average molecular weight is 206 g/mol. The minimum atomic E-state index is 0.259. The topological polar surface area (TPSA) is 74.3 Å². The van der Waals surface area contributed by atoms with Crippen molar-refractivity contribution in [2.75, 3.05) is 0 Å². The minimum Gasteiger partial charge on any atom is -0.402 e. The number of hydrogen-bond acceptors (Lipinski definition) is 3. The highest BCUT2D eigenvalue weighted by Gasteiger charge is 1.93. The summed E-state index contributed by atoms with van der Waals surface area (Å²) >= 11 is 0. The average Bonchev–Trinajstić information content (AvgIpc) is 2.00. The van der Waals surface area contributed by atoms with Gasteiger partial charge in [-0.25, -0.2) is 0 Å². The summed E-state index contributed by atoms with van der Waals surface area (Å²) in [6.07, 6.45) is 4.86. The molecule has 4 nitrogen and oxygen atoms in total. The van der Waals surface area contributed by atoms with Gasteiger partial charge in [-0.15, -0.1) is 0 Å². The van der Waals surface area contributed by atoms with E-state index < -0.39 is 0 Å². The highest BCUT2D eigenvalue weighted by atomic mass is 14.9. The molecule has 0 saturated carbocycles. The molecule has 0 aromatic carbocycles. The van der Waals surface area contributed by atoms with Crippen LogP contribution in [0.3, 0.4) is 0 Å². The molecule has 0 aliphatic heterocycles. The van der Waals surface area contributed by atoms with E-state index in [1.54, 1.807) is 13.0 Å². The first kappa shape index (κ1) is 13.2. The Morgan fingerprint density at radius 2 is 1.93 bits per heavy atom. The van der Waals surface area contributed by atoms with Crippen LogP contribution in [0.1, 0.15) is 20.8 Å². The van der Waals surface area contributed by atoms with Gasteiger partial charge < -0.3 is 11.1 Å². The zero-order valence-corrected chi connectivity index (χ0v) is 9.46. The van der Waals surface area contributed by atoms with Crippen LogP contribution in [0, 0.1) is 5.41 Å². The van der Waals surface area contributed by atoms with Gasteiger partial charge >= 0.3 is 0 Å². The van der Waals surface area contributed by atoms with Crippen LogP contribution in [-0.2, 0) is 0 Å². The summed E-state index contributed by atoms with van der Waals surface area (Å²) in [5.74, 6) is 0.259. The first-order valence-corrected chi connectivity index (χ1v) is 4.58. The molecule has 0 atom stereocenters. The van der Waals surface area contributed by atoms with Crippen molar-refractivity contribution in [2.45, 2.75) is 20.8 Å². The van der Waals surface area contributed by atoms with Gasteiger partial charge in [-0.1, -0.05) is 6.58 Å². The molecule has 0 saturated heterocycles. The molecule has 4 heteroatoms. The molecule has 0 rings (SSSR count). The first-order valence-electron chi connectivity index (χ1n) is 4.58. The second-order valence-electron chi connectivity index (χ2n) is 3.21. The van der Waals surface area contributed by atoms with E-state index in [1.165, 1.54) is 6.20 Å². The van der Waals surface area contributed by atoms with Gasteiger partial charge in [0.2, 0.25) is 0 Å². The number of amidine groups is 1. The molecule has 0 fully saturated rings. The van der Waals surface area contributed by atoms with Crippen LogP contribution < -0.4 is 11.1 Å². The summed E-state index contributed by atoms with van der Waals surface area (Å²) in [7, 11) is 0. The summed E-state index contributed by atoms with van der Waals surface area (Å²) in [4.78, 5) is 3.99. The van der Waals surface area contributed by atoms with Crippen molar-refractivity contribution >= 4 is 11.5 Å². The van der Waals surface area contributed by atoms with E-state index in [1.807, 2.05) is 19.9 Å². The maximum atomic E-state index is 7.53. The van der Waals surface area contributed by atoms with E-state index in [0.29, 0.717) is 5.70 Å². The van der Waals surface area contributed by atoms with Gasteiger partial charge in [0.05, 0.1) is 0 Å². The summed E-state index contributed by atoms with van der Waals surface area (Å²) in [5.41, 5.74) is 7.70. The van der Waals surface area contributed by atoms with E-state index in [9.17, 15) is 0 Å². The molecule has 0 radical (unpaired) electrons. The van der Waals surface area contributed by atoms with Gasteiger partial charge in [0.15, 0.2) is 0 Å². The lowest BCUT2D eigenvalue weighted by atomic mass is 10.3. The van der Waals surface area contributed by atoms with Crippen LogP contribution in [0.4, 0.5) is 0 Å². The fourth-order valence-corrected chi connectivity index (χ4v) is 1.01. The van der Waals surface area contributed by atoms with Gasteiger partial charge in [-0.2, -0.15) is 0 Å². The maximum Gasteiger partial charge on any atom is 0.123 e. The number of allylic oxidation sites excluding steroid dienone is 3. The third-order valence-corrected chi connectivity index (χ3v) is 1.42. The molecule has 0 heterocycles. The Morgan fingerprint density at radius 3 is 2.40 bits per heavy atom. The zero-order chi connectivity index (χ0) is 11.8. The summed E-state index contributed by atoms with van der Waals surface area (Å²) in [6, 6.07) is 0. The quantitative estimate of drug-likeness (QED) is 0.485. The summed E-state index contributed by atoms with van der Waals surface area (Å²) in [5, 5.41) is 10.4. The Labute approximate surface area is 90.8 Å². The Balaban J connectivity index is 4.43. The molecule has 0 spiro atoms. The number of nitrogens with two attached hydrogens (primary N) is 1. The fourth-order valence-electron chi connectivity index (χ4n) is 1.01. The SMILES string of the molecule is C=C/N=C(C)\C=C(/C)NC(=N)/C=C(/C)N. The first-order chi connectivity index (χ1) is 6.95. The standard InChI is InChI=1S/C11H18N4/c1-5-14-9(3)7-10(4)15-11(13)6-8(2)12/h5-7H,1,12H2,2-4H3,(H2,13,15)/b8-6-,10-7+,14-9-. The van der Waals surface area contributed by atoms with Crippen molar-refractivity contribution in [2.24, 2.45) is 10.7 Å². The van der Waals surface area contributed by atoms with Crippen LogP contribution in [0.25, 0.3) is 0 Å². The number of aliphatic imine (C=N–C) groups is 1. The van der Waals surface area contributed by atoms with Gasteiger partial charge in [-0.05, 0) is 32.9 Å². The van der Waals surface area contributed by atoms with Crippen LogP contribution in [0.2, 0.25) is 0 Å². The van der Waals surface area contributed by atoms with Crippen molar-refractivity contribution in [1.29, 1.82) is 5.41 Å². The molecule has 15 heavy (non-hydrogen) atoms. The van der Waals surface area contributed by atoms with E-state index >= 15 is 0 Å². The molecular formula is C11H18N4. The third-order valence-electron chi connectivity index (χ3n) is 1.42. The molecule has 0 bridgehead atoms. The van der Waals surface area contributed by atoms with Gasteiger partial charge in [0.25, 0.3) is 0 Å². The Bertz CT molecular complexity index is 330. The highest BCUT2D eigenvalue weighted by molar-refractivity contribution is 5.96. The normalized spacial score (nSPS) is 13.7. The molecule has 0 aromatic heterocycles. The summed E-state index contributed by atoms with van der Waals surface area (Å²) in [6.45, 7) is 8.96. The molecule has 0 amide bonds. The number of nitrogens with one attached hydrogen (secondary N) is 2. The Morgan fingerprint density at radius 1 is 1.33 bits per heavy atom. The molecule has 0 aliphatic carbocycles. The lowest BCUT2D eigenvalue weighted by Gasteiger charge is -2.04. The largest absolute Gasteiger partial charge is 0.402 e. The van der Waals surface area contributed by atoms with Crippen LogP contribution in [0.5, 0.6) is 0 Å². The molecular weight excluding hydrogens is 188 g/mol. The lowest BCUT2D eigenvalue weighted by Crippen LogP contribution is -2.19. The molecule has 0 unspecified atom stereocenters. The van der Waals surface area contributed by atoms with Crippen LogP contribution in [-0.4, -0.2) is 11.5 Å². The predicted octanol–water partition coefficient (Wildman–Crippen LogP) is 1.92. The second-order valence-corrected chi connectivity index (χ2v) is 3.21. The van der Waals surface area contributed by atoms with Gasteiger partial charge in [-0.3, -0.25) is 10.4 Å². The molecule has 0 aliphatic rings. The van der Waals surface area contributed by atoms with Gasteiger partial charge in [0, 0.05) is 23.3 Å². The molecule has 4 N–H and O–H groups in total. The monoisotopic (exact) mass is 206 g/mol. The van der Waals surface area contributed by atoms with Crippen molar-refractivity contribution in [3.8, 4) is 0 Å². The number of rotatable bonds is 4. The van der Waals surface area contributed by atoms with Gasteiger partial charge in [0.1, 0.15) is 5.84 Å². The lowest BCUT2D eigenvalue weighted by molar-refractivity contribution is 1.10. The van der Waals surface area contributed by atoms with Crippen molar-refractivity contribution in [3.63, 3.8) is 0 Å². The van der Waals surface area contributed by atoms with E-state index in [4.69, 9.17) is 11.1 Å². The minimum absolute atomic E-state index is 0.259. The van der Waals surface area contributed by atoms with Crippen molar-refractivity contribution in [3.05, 3.63) is 36.3 Å². The number of hydrogen-bond donors (Lipinski definition) is 3. The van der Waals surface area contributed by atoms with E-state index in [-0.39, 0.29) is 5.84 Å². The highest BCUT2D eigenvalue weighted by Crippen LogP contribution is 1.91. The second kappa shape index (κ2) is 6.59. The van der Waals surface area contributed by atoms with E-state index in [2.05, 4.69) is 16.9 Å². The smallest absolute Gasteiger partial charge is 0.123 e. The predicted molar refractivity (Wildman–Crippen MR) is 65.9 cm³/mol. The summed E-state index contributed by atoms with van der Waals surface area (Å²) < 4.78 is 0. The van der Waals surface area contributed by atoms with E-state index in [0.717, 1.165) is 11.4 Å². The fraction of sp³-hybridized carbons (Fsp3) is 0.273. The Hall–Kier alpha value is -1.84. The maximum absolute atomic E-state index is 7.53. The van der Waals surface area contributed by atoms with Crippen molar-refractivity contribution < 1.29 is 0 Å². The van der Waals surface area contributed by atoms with Crippen LogP contribution in [0.15, 0.2) is 41.3 Å². The number of nitrogens with zero attached hydrogens (tertiary/aromatic N) is 1. The molecule has 0 aromatic rings. The van der Waals surface area contributed by atoms with Crippen LogP contribution >= 0.6 is 0 Å². The third kappa shape index (κ3) is 7.25. The zero-order valence-electron chi connectivity index (χ0n) is 9.46. The molecule has 82 valence electrons. The van der Waals surface area contributed by atoms with Crippen molar-refractivity contribution in [1.82, 2.24) is 5.32 Å².